The molecule has 0 spiro atoms. The standard InChI is InChI=1S/C19H14N2O6/c22-19-18-13(9-27-19)20-12-8-16-15(25-5-6-26-16)7-11(12)17(18)10-3-1-2-4-14(10)21(23)24/h1-4,7-8,17,20H,5-6,9H2. The number of nitro benzene ring substituents is 1. The molecule has 3 aliphatic rings. The SMILES string of the molecule is O=C1OCC2=C1C(c1ccccc1[N+](=O)[O-])c1cc3c(cc1N2)OCCO3. The normalized spacial score (nSPS) is 19.7. The van der Waals surface area contributed by atoms with Crippen molar-refractivity contribution in [3.8, 4) is 11.5 Å². The Morgan fingerprint density at radius 1 is 1.04 bits per heavy atom. The number of para-hydroxylation sites is 1. The predicted octanol–water partition coefficient (Wildman–Crippen LogP) is 2.73. The van der Waals surface area contributed by atoms with Crippen molar-refractivity contribution in [3.05, 3.63) is 68.9 Å². The Bertz CT molecular complexity index is 1030. The number of hydrogen-bond acceptors (Lipinski definition) is 7. The average Bonchev–Trinajstić information content (AvgIpc) is 3.05. The number of hydrogen-bond donors (Lipinski definition) is 1. The lowest BCUT2D eigenvalue weighted by Gasteiger charge is -2.29. The van der Waals surface area contributed by atoms with Crippen molar-refractivity contribution >= 4 is 17.3 Å². The van der Waals surface area contributed by atoms with Gasteiger partial charge in [-0.3, -0.25) is 10.1 Å². The van der Waals surface area contributed by atoms with E-state index in [0.29, 0.717) is 47.1 Å². The molecule has 0 bridgehead atoms. The van der Waals surface area contributed by atoms with Crippen LogP contribution < -0.4 is 14.8 Å². The van der Waals surface area contributed by atoms with E-state index >= 15 is 0 Å². The van der Waals surface area contributed by atoms with Gasteiger partial charge in [0.25, 0.3) is 5.69 Å². The number of nitro groups is 1. The third kappa shape index (κ3) is 2.33. The molecule has 136 valence electrons. The average molecular weight is 366 g/mol. The van der Waals surface area contributed by atoms with E-state index in [-0.39, 0.29) is 12.3 Å². The van der Waals surface area contributed by atoms with Crippen LogP contribution in [0.5, 0.6) is 11.5 Å². The van der Waals surface area contributed by atoms with Crippen LogP contribution in [-0.2, 0) is 9.53 Å². The van der Waals surface area contributed by atoms with Crippen molar-refractivity contribution in [2.45, 2.75) is 5.92 Å². The molecule has 0 radical (unpaired) electrons. The van der Waals surface area contributed by atoms with Crippen LogP contribution in [0, 0.1) is 10.1 Å². The summed E-state index contributed by atoms with van der Waals surface area (Å²) in [5, 5.41) is 14.8. The molecule has 2 aromatic rings. The van der Waals surface area contributed by atoms with Crippen LogP contribution in [0.15, 0.2) is 47.7 Å². The quantitative estimate of drug-likeness (QED) is 0.495. The summed E-state index contributed by atoms with van der Waals surface area (Å²) >= 11 is 0. The maximum atomic E-state index is 12.4. The number of nitrogens with one attached hydrogen (secondary N) is 1. The van der Waals surface area contributed by atoms with Crippen molar-refractivity contribution < 1.29 is 23.9 Å². The zero-order valence-electron chi connectivity index (χ0n) is 14.1. The smallest absolute Gasteiger partial charge is 0.337 e. The van der Waals surface area contributed by atoms with E-state index in [0.717, 1.165) is 5.69 Å². The summed E-state index contributed by atoms with van der Waals surface area (Å²) in [4.78, 5) is 23.6. The highest BCUT2D eigenvalue weighted by Crippen LogP contribution is 2.49. The van der Waals surface area contributed by atoms with Gasteiger partial charge in [0.1, 0.15) is 19.8 Å². The minimum Gasteiger partial charge on any atom is -0.486 e. The van der Waals surface area contributed by atoms with Crippen molar-refractivity contribution in [3.63, 3.8) is 0 Å². The van der Waals surface area contributed by atoms with E-state index in [1.807, 2.05) is 0 Å². The zero-order chi connectivity index (χ0) is 18.5. The molecule has 3 aliphatic heterocycles. The molecule has 3 heterocycles. The van der Waals surface area contributed by atoms with Gasteiger partial charge in [-0.25, -0.2) is 4.79 Å². The van der Waals surface area contributed by atoms with E-state index in [4.69, 9.17) is 14.2 Å². The first-order chi connectivity index (χ1) is 13.1. The molecule has 1 atom stereocenters. The van der Waals surface area contributed by atoms with Crippen molar-refractivity contribution in [2.75, 3.05) is 25.1 Å². The summed E-state index contributed by atoms with van der Waals surface area (Å²) in [6.45, 7) is 0.986. The number of carbonyl (C=O) groups excluding carboxylic acids is 1. The Morgan fingerprint density at radius 2 is 1.78 bits per heavy atom. The van der Waals surface area contributed by atoms with E-state index < -0.39 is 16.8 Å². The van der Waals surface area contributed by atoms with Crippen LogP contribution in [-0.4, -0.2) is 30.7 Å². The molecule has 0 aromatic heterocycles. The number of fused-ring (bicyclic) bond motifs is 2. The Morgan fingerprint density at radius 3 is 2.56 bits per heavy atom. The van der Waals surface area contributed by atoms with E-state index in [1.165, 1.54) is 6.07 Å². The van der Waals surface area contributed by atoms with Gasteiger partial charge in [0, 0.05) is 23.4 Å². The summed E-state index contributed by atoms with van der Waals surface area (Å²) in [6, 6.07) is 10.0. The lowest BCUT2D eigenvalue weighted by molar-refractivity contribution is -0.385. The number of anilines is 1. The summed E-state index contributed by atoms with van der Waals surface area (Å²) < 4.78 is 16.5. The molecule has 27 heavy (non-hydrogen) atoms. The van der Waals surface area contributed by atoms with Crippen LogP contribution in [0.1, 0.15) is 17.0 Å². The minimum atomic E-state index is -0.622. The summed E-state index contributed by atoms with van der Waals surface area (Å²) in [5.74, 6) is 0.0637. The second-order valence-corrected chi connectivity index (χ2v) is 6.43. The van der Waals surface area contributed by atoms with Gasteiger partial charge in [0.05, 0.1) is 22.1 Å². The number of ether oxygens (including phenoxy) is 3. The Labute approximate surface area is 153 Å². The molecule has 0 fully saturated rings. The van der Waals surface area contributed by atoms with Crippen LogP contribution in [0.25, 0.3) is 0 Å². The van der Waals surface area contributed by atoms with Crippen LogP contribution in [0.4, 0.5) is 11.4 Å². The van der Waals surface area contributed by atoms with Gasteiger partial charge in [-0.2, -0.15) is 0 Å². The fourth-order valence-corrected chi connectivity index (χ4v) is 3.80. The number of benzene rings is 2. The highest BCUT2D eigenvalue weighted by molar-refractivity contribution is 5.97. The van der Waals surface area contributed by atoms with E-state index in [1.54, 1.807) is 30.3 Å². The Balaban J connectivity index is 1.76. The fraction of sp³-hybridized carbons (Fsp3) is 0.211. The van der Waals surface area contributed by atoms with Gasteiger partial charge < -0.3 is 19.5 Å². The highest BCUT2D eigenvalue weighted by Gasteiger charge is 2.41. The zero-order valence-corrected chi connectivity index (χ0v) is 14.1. The Hall–Kier alpha value is -3.55. The lowest BCUT2D eigenvalue weighted by Crippen LogP contribution is -2.22. The van der Waals surface area contributed by atoms with Crippen molar-refractivity contribution in [1.82, 2.24) is 0 Å². The van der Waals surface area contributed by atoms with Crippen LogP contribution >= 0.6 is 0 Å². The van der Waals surface area contributed by atoms with Gasteiger partial charge in [-0.1, -0.05) is 18.2 Å². The van der Waals surface area contributed by atoms with Crippen molar-refractivity contribution in [1.29, 1.82) is 0 Å². The molecular weight excluding hydrogens is 352 g/mol. The maximum absolute atomic E-state index is 12.4. The predicted molar refractivity (Wildman–Crippen MR) is 94.0 cm³/mol. The summed E-state index contributed by atoms with van der Waals surface area (Å²) in [7, 11) is 0. The molecule has 5 rings (SSSR count). The van der Waals surface area contributed by atoms with Gasteiger partial charge in [0.15, 0.2) is 11.5 Å². The molecule has 2 aromatic carbocycles. The van der Waals surface area contributed by atoms with Gasteiger partial charge in [0.2, 0.25) is 0 Å². The lowest BCUT2D eigenvalue weighted by atomic mass is 9.80. The number of rotatable bonds is 2. The largest absolute Gasteiger partial charge is 0.486 e. The van der Waals surface area contributed by atoms with Crippen LogP contribution in [0.2, 0.25) is 0 Å². The molecule has 8 nitrogen and oxygen atoms in total. The number of nitrogens with zero attached hydrogens (tertiary/aromatic N) is 1. The number of cyclic esters (lactones) is 1. The maximum Gasteiger partial charge on any atom is 0.337 e. The second kappa shape index (κ2) is 5.73. The number of carbonyl (C=O) groups is 1. The summed E-state index contributed by atoms with van der Waals surface area (Å²) in [6.07, 6.45) is 0. The molecule has 0 saturated heterocycles. The molecule has 0 aliphatic carbocycles. The number of esters is 1. The molecule has 0 saturated carbocycles. The molecule has 1 unspecified atom stereocenters. The summed E-state index contributed by atoms with van der Waals surface area (Å²) in [5.41, 5.74) is 2.84. The van der Waals surface area contributed by atoms with Crippen molar-refractivity contribution in [2.24, 2.45) is 0 Å². The first kappa shape index (κ1) is 15.7. The first-order valence-electron chi connectivity index (χ1n) is 8.47. The highest BCUT2D eigenvalue weighted by atomic mass is 16.6. The molecule has 0 amide bonds. The van der Waals surface area contributed by atoms with Crippen LogP contribution in [0.3, 0.4) is 0 Å². The third-order valence-electron chi connectivity index (χ3n) is 4.94. The van der Waals surface area contributed by atoms with Gasteiger partial charge in [-0.05, 0) is 11.6 Å². The third-order valence-corrected chi connectivity index (χ3v) is 4.94. The van der Waals surface area contributed by atoms with Gasteiger partial charge >= 0.3 is 5.97 Å². The Kier molecular flexibility index (Phi) is 3.33. The molecule has 1 N–H and O–H groups in total. The van der Waals surface area contributed by atoms with E-state index in [2.05, 4.69) is 5.32 Å². The second-order valence-electron chi connectivity index (χ2n) is 6.43. The fourth-order valence-electron chi connectivity index (χ4n) is 3.80. The first-order valence-corrected chi connectivity index (χ1v) is 8.47. The van der Waals surface area contributed by atoms with Gasteiger partial charge in [-0.15, -0.1) is 0 Å². The minimum absolute atomic E-state index is 0.0446. The monoisotopic (exact) mass is 366 g/mol. The van der Waals surface area contributed by atoms with E-state index in [9.17, 15) is 14.9 Å². The molecular formula is C19H14N2O6. The molecule has 8 heteroatoms. The topological polar surface area (TPSA) is 99.9 Å².